The molecule has 0 saturated heterocycles. The van der Waals surface area contributed by atoms with Crippen LogP contribution in [0.25, 0.3) is 0 Å². The van der Waals surface area contributed by atoms with Gasteiger partial charge in [-0.25, -0.2) is 4.39 Å². The van der Waals surface area contributed by atoms with E-state index in [0.717, 1.165) is 31.7 Å². The second-order valence-electron chi connectivity index (χ2n) is 4.74. The fourth-order valence-corrected chi connectivity index (χ4v) is 2.71. The van der Waals surface area contributed by atoms with E-state index in [9.17, 15) is 9.18 Å². The summed E-state index contributed by atoms with van der Waals surface area (Å²) in [5.41, 5.74) is 5.31. The molecule has 2 rings (SSSR count). The summed E-state index contributed by atoms with van der Waals surface area (Å²) in [5.74, 6) is -1.00. The van der Waals surface area contributed by atoms with E-state index in [1.54, 1.807) is 0 Å². The second kappa shape index (κ2) is 5.43. The van der Waals surface area contributed by atoms with E-state index in [2.05, 4.69) is 5.32 Å². The summed E-state index contributed by atoms with van der Waals surface area (Å²) in [4.78, 5) is 12.4. The minimum atomic E-state index is -0.636. The highest BCUT2D eigenvalue weighted by molar-refractivity contribution is 7.80. The average Bonchev–Trinajstić information content (AvgIpc) is 2.82. The number of nitrogens with one attached hydrogen (secondary N) is 1. The second-order valence-corrected chi connectivity index (χ2v) is 5.58. The van der Waals surface area contributed by atoms with E-state index in [-0.39, 0.29) is 21.5 Å². The highest BCUT2D eigenvalue weighted by Gasteiger charge is 2.38. The molecule has 0 radical (unpaired) electrons. The maximum atomic E-state index is 13.3. The Labute approximate surface area is 121 Å². The zero-order valence-electron chi connectivity index (χ0n) is 10.2. The number of carbonyl (C=O) groups excluding carboxylic acids is 1. The van der Waals surface area contributed by atoms with Crippen LogP contribution in [0.3, 0.4) is 0 Å². The van der Waals surface area contributed by atoms with Crippen LogP contribution in [0, 0.1) is 5.82 Å². The van der Waals surface area contributed by atoms with Crippen molar-refractivity contribution < 1.29 is 9.18 Å². The maximum Gasteiger partial charge on any atom is 0.252 e. The number of benzene rings is 1. The molecule has 102 valence electrons. The lowest BCUT2D eigenvalue weighted by atomic mass is 9.97. The number of amides is 1. The van der Waals surface area contributed by atoms with Crippen molar-refractivity contribution in [2.45, 2.75) is 31.2 Å². The van der Waals surface area contributed by atoms with Gasteiger partial charge in [-0.15, -0.1) is 0 Å². The van der Waals surface area contributed by atoms with Crippen molar-refractivity contribution in [3.8, 4) is 0 Å². The van der Waals surface area contributed by atoms with E-state index in [1.807, 2.05) is 0 Å². The Balaban J connectivity index is 2.20. The van der Waals surface area contributed by atoms with Gasteiger partial charge in [-0.3, -0.25) is 4.79 Å². The zero-order valence-corrected chi connectivity index (χ0v) is 11.8. The largest absolute Gasteiger partial charge is 0.391 e. The molecule has 0 aromatic heterocycles. The Morgan fingerprint density at radius 3 is 2.58 bits per heavy atom. The van der Waals surface area contributed by atoms with E-state index in [1.165, 1.54) is 12.1 Å². The lowest BCUT2D eigenvalue weighted by molar-refractivity contribution is 0.0924. The van der Waals surface area contributed by atoms with Gasteiger partial charge in [-0.1, -0.05) is 36.7 Å². The van der Waals surface area contributed by atoms with Crippen molar-refractivity contribution in [1.82, 2.24) is 5.32 Å². The smallest absolute Gasteiger partial charge is 0.252 e. The summed E-state index contributed by atoms with van der Waals surface area (Å²) in [6.45, 7) is 0. The monoisotopic (exact) mass is 300 g/mol. The fraction of sp³-hybridized carbons (Fsp3) is 0.385. The fourth-order valence-electron chi connectivity index (χ4n) is 2.34. The third-order valence-corrected chi connectivity index (χ3v) is 4.16. The third kappa shape index (κ3) is 2.87. The van der Waals surface area contributed by atoms with Crippen molar-refractivity contribution in [3.05, 3.63) is 34.6 Å². The van der Waals surface area contributed by atoms with Gasteiger partial charge in [0.1, 0.15) is 5.82 Å². The van der Waals surface area contributed by atoms with Gasteiger partial charge in [0.25, 0.3) is 5.91 Å². The predicted octanol–water partition coefficient (Wildman–Crippen LogP) is 2.81. The van der Waals surface area contributed by atoms with Gasteiger partial charge in [0.15, 0.2) is 0 Å². The minimum Gasteiger partial charge on any atom is -0.391 e. The molecule has 1 fully saturated rings. The van der Waals surface area contributed by atoms with Crippen molar-refractivity contribution in [2.24, 2.45) is 5.73 Å². The van der Waals surface area contributed by atoms with Crippen molar-refractivity contribution in [3.63, 3.8) is 0 Å². The molecule has 3 nitrogen and oxygen atoms in total. The molecule has 0 bridgehead atoms. The molecule has 0 aliphatic heterocycles. The van der Waals surface area contributed by atoms with Crippen molar-refractivity contribution in [1.29, 1.82) is 0 Å². The Morgan fingerprint density at radius 1 is 1.42 bits per heavy atom. The van der Waals surface area contributed by atoms with Gasteiger partial charge in [0.2, 0.25) is 0 Å². The lowest BCUT2D eigenvalue weighted by Gasteiger charge is -2.29. The number of halogens is 2. The van der Waals surface area contributed by atoms with E-state index in [0.29, 0.717) is 0 Å². The van der Waals surface area contributed by atoms with Gasteiger partial charge in [-0.05, 0) is 31.0 Å². The van der Waals surface area contributed by atoms with Crippen LogP contribution in [0.15, 0.2) is 18.2 Å². The Bertz CT molecular complexity index is 529. The summed E-state index contributed by atoms with van der Waals surface area (Å²) in [7, 11) is 0. The molecule has 1 aliphatic rings. The summed E-state index contributed by atoms with van der Waals surface area (Å²) >= 11 is 10.6. The van der Waals surface area contributed by atoms with Gasteiger partial charge >= 0.3 is 0 Å². The van der Waals surface area contributed by atoms with Crippen LogP contribution in [0.5, 0.6) is 0 Å². The number of rotatable bonds is 3. The molecule has 1 amide bonds. The molecule has 1 aromatic rings. The van der Waals surface area contributed by atoms with Crippen LogP contribution >= 0.6 is 23.8 Å². The van der Waals surface area contributed by atoms with Crippen LogP contribution in [-0.2, 0) is 0 Å². The molecular weight excluding hydrogens is 287 g/mol. The van der Waals surface area contributed by atoms with Gasteiger partial charge in [0, 0.05) is 5.56 Å². The summed E-state index contributed by atoms with van der Waals surface area (Å²) in [6, 6.07) is 3.94. The quantitative estimate of drug-likeness (QED) is 0.844. The zero-order chi connectivity index (χ0) is 14.0. The first-order valence-corrected chi connectivity index (χ1v) is 6.81. The third-order valence-electron chi connectivity index (χ3n) is 3.46. The number of nitrogens with two attached hydrogens (primary N) is 1. The lowest BCUT2D eigenvalue weighted by Crippen LogP contribution is -2.54. The van der Waals surface area contributed by atoms with Crippen molar-refractivity contribution >= 4 is 34.7 Å². The number of hydrogen-bond donors (Lipinski definition) is 2. The first kappa shape index (κ1) is 14.2. The van der Waals surface area contributed by atoms with E-state index in [4.69, 9.17) is 29.6 Å². The van der Waals surface area contributed by atoms with Crippen LogP contribution in [0.2, 0.25) is 5.02 Å². The first-order chi connectivity index (χ1) is 8.94. The first-order valence-electron chi connectivity index (χ1n) is 6.02. The standard InChI is InChI=1S/C13H14ClFN2OS/c14-9-4-3-8(7-10(9)15)11(18)17-13(12(16)19)5-1-2-6-13/h3-4,7H,1-2,5-6H2,(H2,16,19)(H,17,18). The molecule has 1 saturated carbocycles. The number of hydrogen-bond acceptors (Lipinski definition) is 2. The Kier molecular flexibility index (Phi) is 4.06. The molecule has 1 aliphatic carbocycles. The van der Waals surface area contributed by atoms with E-state index >= 15 is 0 Å². The van der Waals surface area contributed by atoms with Gasteiger partial charge in [-0.2, -0.15) is 0 Å². The molecule has 19 heavy (non-hydrogen) atoms. The van der Waals surface area contributed by atoms with Crippen LogP contribution in [-0.4, -0.2) is 16.4 Å². The van der Waals surface area contributed by atoms with E-state index < -0.39 is 11.4 Å². The minimum absolute atomic E-state index is 0.0125. The van der Waals surface area contributed by atoms with Crippen LogP contribution in [0.1, 0.15) is 36.0 Å². The molecule has 1 aromatic carbocycles. The summed E-state index contributed by atoms with van der Waals surface area (Å²) in [6.07, 6.45) is 3.38. The highest BCUT2D eigenvalue weighted by Crippen LogP contribution is 2.30. The summed E-state index contributed by atoms with van der Waals surface area (Å²) in [5, 5.41) is 2.83. The number of carbonyl (C=O) groups is 1. The highest BCUT2D eigenvalue weighted by atomic mass is 35.5. The number of thiocarbonyl (C=S) groups is 1. The molecule has 0 atom stereocenters. The topological polar surface area (TPSA) is 55.1 Å². The van der Waals surface area contributed by atoms with Crippen LogP contribution < -0.4 is 11.1 Å². The SMILES string of the molecule is NC(=S)C1(NC(=O)c2ccc(Cl)c(F)c2)CCCC1. The molecule has 0 heterocycles. The predicted molar refractivity (Wildman–Crippen MR) is 76.9 cm³/mol. The molecule has 0 spiro atoms. The molecular formula is C13H14ClFN2OS. The van der Waals surface area contributed by atoms with Crippen LogP contribution in [0.4, 0.5) is 4.39 Å². The molecule has 6 heteroatoms. The molecule has 3 N–H and O–H groups in total. The molecule has 0 unspecified atom stereocenters. The average molecular weight is 301 g/mol. The normalized spacial score (nSPS) is 17.2. The maximum absolute atomic E-state index is 13.3. The Hall–Kier alpha value is -1.20. The summed E-state index contributed by atoms with van der Waals surface area (Å²) < 4.78 is 13.3. The van der Waals surface area contributed by atoms with Crippen molar-refractivity contribution in [2.75, 3.05) is 0 Å². The van der Waals surface area contributed by atoms with Gasteiger partial charge < -0.3 is 11.1 Å². The van der Waals surface area contributed by atoms with Gasteiger partial charge in [0.05, 0.1) is 15.6 Å². The Morgan fingerprint density at radius 2 is 2.05 bits per heavy atom.